The molecule has 0 aliphatic rings. The number of nitrogens with zero attached hydrogens (tertiary/aromatic N) is 2. The predicted molar refractivity (Wildman–Crippen MR) is 95.1 cm³/mol. The van der Waals surface area contributed by atoms with Crippen LogP contribution in [0.2, 0.25) is 0 Å². The molecule has 2 aromatic carbocycles. The van der Waals surface area contributed by atoms with E-state index in [1.165, 1.54) is 12.1 Å². The van der Waals surface area contributed by atoms with Crippen molar-refractivity contribution in [3.63, 3.8) is 0 Å². The number of rotatable bonds is 4. The number of nitrogen functional groups attached to an aromatic ring is 1. The number of anilines is 1. The van der Waals surface area contributed by atoms with Crippen molar-refractivity contribution in [2.24, 2.45) is 5.73 Å². The molecule has 0 radical (unpaired) electrons. The summed E-state index contributed by atoms with van der Waals surface area (Å²) in [4.78, 5) is 8.90. The third kappa shape index (κ3) is 3.17. The average molecular weight is 338 g/mol. The molecule has 0 amide bonds. The first-order valence-corrected chi connectivity index (χ1v) is 7.56. The van der Waals surface area contributed by atoms with Crippen LogP contribution in [0.3, 0.4) is 0 Å². The highest BCUT2D eigenvalue weighted by molar-refractivity contribution is 5.73. The monoisotopic (exact) mass is 338 g/mol. The highest BCUT2D eigenvalue weighted by Crippen LogP contribution is 2.33. The van der Waals surface area contributed by atoms with Crippen molar-refractivity contribution in [3.8, 4) is 39.9 Å². The van der Waals surface area contributed by atoms with Crippen molar-refractivity contribution in [2.45, 2.75) is 6.54 Å². The van der Waals surface area contributed by atoms with Crippen LogP contribution in [0.1, 0.15) is 5.56 Å². The van der Waals surface area contributed by atoms with E-state index >= 15 is 0 Å². The summed E-state index contributed by atoms with van der Waals surface area (Å²) >= 11 is 0. The number of ether oxygens (including phenoxy) is 1. The number of aromatic hydroxyl groups is 2. The first kappa shape index (κ1) is 16.5. The lowest BCUT2D eigenvalue weighted by Gasteiger charge is -2.13. The van der Waals surface area contributed by atoms with Gasteiger partial charge in [-0.3, -0.25) is 0 Å². The molecule has 0 bridgehead atoms. The van der Waals surface area contributed by atoms with Crippen molar-refractivity contribution in [2.75, 3.05) is 12.8 Å². The van der Waals surface area contributed by atoms with Crippen LogP contribution in [0.15, 0.2) is 42.5 Å². The Morgan fingerprint density at radius 1 is 0.960 bits per heavy atom. The average Bonchev–Trinajstić information content (AvgIpc) is 2.63. The zero-order valence-corrected chi connectivity index (χ0v) is 13.6. The van der Waals surface area contributed by atoms with E-state index in [9.17, 15) is 10.2 Å². The minimum Gasteiger partial charge on any atom is -0.504 e. The van der Waals surface area contributed by atoms with E-state index in [4.69, 9.17) is 16.2 Å². The van der Waals surface area contributed by atoms with Gasteiger partial charge in [0, 0.05) is 23.2 Å². The van der Waals surface area contributed by atoms with Crippen molar-refractivity contribution in [1.82, 2.24) is 9.97 Å². The fourth-order valence-electron chi connectivity index (χ4n) is 2.48. The van der Waals surface area contributed by atoms with Crippen molar-refractivity contribution < 1.29 is 14.9 Å². The first-order chi connectivity index (χ1) is 12.0. The van der Waals surface area contributed by atoms with Crippen LogP contribution in [0, 0.1) is 0 Å². The summed E-state index contributed by atoms with van der Waals surface area (Å²) in [5.41, 5.74) is 14.3. The van der Waals surface area contributed by atoms with Crippen LogP contribution >= 0.6 is 0 Å². The fourth-order valence-corrected chi connectivity index (χ4v) is 2.48. The summed E-state index contributed by atoms with van der Waals surface area (Å²) in [6.07, 6.45) is 0. The molecule has 1 heterocycles. The van der Waals surface area contributed by atoms with Gasteiger partial charge in [0.15, 0.2) is 17.3 Å². The van der Waals surface area contributed by atoms with Crippen molar-refractivity contribution in [3.05, 3.63) is 48.0 Å². The lowest BCUT2D eigenvalue weighted by molar-refractivity contribution is 0.404. The zero-order valence-electron chi connectivity index (χ0n) is 13.6. The topological polar surface area (TPSA) is 128 Å². The van der Waals surface area contributed by atoms with Gasteiger partial charge in [0.1, 0.15) is 11.6 Å². The number of nitrogens with two attached hydrogens (primary N) is 2. The number of phenols is 2. The molecular weight excluding hydrogens is 320 g/mol. The Balaban J connectivity index is 2.16. The SMILES string of the molecule is COc1ccc(-c2nc(N)c(CN)c(-c3ccc(O)c(O)c3)n2)cc1. The van der Waals surface area contributed by atoms with Crippen LogP contribution in [0.25, 0.3) is 22.6 Å². The number of hydrogen-bond acceptors (Lipinski definition) is 7. The van der Waals surface area contributed by atoms with Crippen LogP contribution in [-0.4, -0.2) is 27.3 Å². The summed E-state index contributed by atoms with van der Waals surface area (Å²) in [6.45, 7) is 0.145. The molecular formula is C18H18N4O3. The number of methoxy groups -OCH3 is 1. The predicted octanol–water partition coefficient (Wildman–Crippen LogP) is 2.27. The van der Waals surface area contributed by atoms with Crippen LogP contribution in [-0.2, 0) is 6.54 Å². The Kier molecular flexibility index (Phi) is 4.40. The van der Waals surface area contributed by atoms with Gasteiger partial charge in [-0.25, -0.2) is 9.97 Å². The van der Waals surface area contributed by atoms with E-state index in [1.807, 2.05) is 12.1 Å². The fraction of sp³-hybridized carbons (Fsp3) is 0.111. The second-order valence-corrected chi connectivity index (χ2v) is 5.40. The van der Waals surface area contributed by atoms with E-state index < -0.39 is 0 Å². The molecule has 1 aromatic heterocycles. The molecule has 0 fully saturated rings. The lowest BCUT2D eigenvalue weighted by Crippen LogP contribution is -2.09. The van der Waals surface area contributed by atoms with E-state index in [-0.39, 0.29) is 23.9 Å². The second-order valence-electron chi connectivity index (χ2n) is 5.40. The zero-order chi connectivity index (χ0) is 18.0. The van der Waals surface area contributed by atoms with Gasteiger partial charge >= 0.3 is 0 Å². The lowest BCUT2D eigenvalue weighted by atomic mass is 10.0. The standard InChI is InChI=1S/C18H18N4O3/c1-25-12-5-2-10(3-6-12)18-21-16(13(9-19)17(20)22-18)11-4-7-14(23)15(24)8-11/h2-8,23-24H,9,19H2,1H3,(H2,20,21,22). The Hall–Kier alpha value is -3.32. The highest BCUT2D eigenvalue weighted by Gasteiger charge is 2.15. The molecule has 25 heavy (non-hydrogen) atoms. The van der Waals surface area contributed by atoms with Gasteiger partial charge in [-0.15, -0.1) is 0 Å². The summed E-state index contributed by atoms with van der Waals surface area (Å²) in [5.74, 6) is 0.962. The van der Waals surface area contributed by atoms with E-state index in [2.05, 4.69) is 9.97 Å². The van der Waals surface area contributed by atoms with Crippen LogP contribution in [0.5, 0.6) is 17.2 Å². The molecule has 6 N–H and O–H groups in total. The van der Waals surface area contributed by atoms with Crippen molar-refractivity contribution >= 4 is 5.82 Å². The van der Waals surface area contributed by atoms with Crippen LogP contribution in [0.4, 0.5) is 5.82 Å². The van der Waals surface area contributed by atoms with Crippen molar-refractivity contribution in [1.29, 1.82) is 0 Å². The first-order valence-electron chi connectivity index (χ1n) is 7.56. The largest absolute Gasteiger partial charge is 0.504 e. The maximum Gasteiger partial charge on any atom is 0.162 e. The molecule has 7 heteroatoms. The molecule has 0 atom stereocenters. The molecule has 0 unspecified atom stereocenters. The number of aromatic nitrogens is 2. The van der Waals surface area contributed by atoms with E-state index in [0.717, 1.165) is 11.3 Å². The van der Waals surface area contributed by atoms with Gasteiger partial charge < -0.3 is 26.4 Å². The summed E-state index contributed by atoms with van der Waals surface area (Å²) in [7, 11) is 1.59. The van der Waals surface area contributed by atoms with E-state index in [1.54, 1.807) is 25.3 Å². The van der Waals surface area contributed by atoms with Gasteiger partial charge in [0.25, 0.3) is 0 Å². The number of hydrogen-bond donors (Lipinski definition) is 4. The third-order valence-electron chi connectivity index (χ3n) is 3.84. The van der Waals surface area contributed by atoms with Gasteiger partial charge in [-0.2, -0.15) is 0 Å². The highest BCUT2D eigenvalue weighted by atomic mass is 16.5. The summed E-state index contributed by atoms with van der Waals surface area (Å²) in [6, 6.07) is 11.7. The molecule has 128 valence electrons. The smallest absolute Gasteiger partial charge is 0.162 e. The van der Waals surface area contributed by atoms with Gasteiger partial charge in [-0.05, 0) is 42.5 Å². The Morgan fingerprint density at radius 3 is 2.24 bits per heavy atom. The Labute approximate surface area is 144 Å². The number of benzene rings is 2. The maximum absolute atomic E-state index is 9.77. The quantitative estimate of drug-likeness (QED) is 0.537. The molecule has 7 nitrogen and oxygen atoms in total. The molecule has 0 saturated heterocycles. The van der Waals surface area contributed by atoms with Gasteiger partial charge in [0.05, 0.1) is 12.8 Å². The second kappa shape index (κ2) is 6.66. The van der Waals surface area contributed by atoms with Crippen LogP contribution < -0.4 is 16.2 Å². The molecule has 0 spiro atoms. The Morgan fingerprint density at radius 2 is 1.64 bits per heavy atom. The van der Waals surface area contributed by atoms with Gasteiger partial charge in [-0.1, -0.05) is 0 Å². The normalized spacial score (nSPS) is 10.6. The molecule has 0 aliphatic carbocycles. The summed E-state index contributed by atoms with van der Waals surface area (Å²) < 4.78 is 5.15. The maximum atomic E-state index is 9.77. The molecule has 3 rings (SSSR count). The molecule has 0 aliphatic heterocycles. The van der Waals surface area contributed by atoms with E-state index in [0.29, 0.717) is 22.6 Å². The molecule has 3 aromatic rings. The number of phenolic OH excluding ortho intramolecular Hbond substituents is 2. The molecule has 0 saturated carbocycles. The Bertz CT molecular complexity index is 911. The minimum atomic E-state index is -0.247. The third-order valence-corrected chi connectivity index (χ3v) is 3.84. The summed E-state index contributed by atoms with van der Waals surface area (Å²) in [5, 5.41) is 19.3. The minimum absolute atomic E-state index is 0.145. The van der Waals surface area contributed by atoms with Gasteiger partial charge in [0.2, 0.25) is 0 Å².